The van der Waals surface area contributed by atoms with Crippen LogP contribution < -0.4 is 4.74 Å². The largest absolute Gasteiger partial charge is 0.505 e. The second-order valence-electron chi connectivity index (χ2n) is 8.40. The lowest BCUT2D eigenvalue weighted by molar-refractivity contribution is -0.137. The number of hydrogen-bond donors (Lipinski definition) is 1. The van der Waals surface area contributed by atoms with E-state index < -0.39 is 38.2 Å². The monoisotopic (exact) mass is 599 g/mol. The summed E-state index contributed by atoms with van der Waals surface area (Å²) in [7, 11) is -4.36. The summed E-state index contributed by atoms with van der Waals surface area (Å²) in [6.45, 7) is -0.333. The Balaban J connectivity index is 1.60. The number of halogens is 6. The first-order valence-corrected chi connectivity index (χ1v) is 13.4. The zero-order valence-corrected chi connectivity index (χ0v) is 22.1. The molecule has 4 aromatic rings. The molecule has 0 aliphatic carbocycles. The number of alkyl halides is 3. The van der Waals surface area contributed by atoms with Gasteiger partial charge in [0.15, 0.2) is 5.75 Å². The lowest BCUT2D eigenvalue weighted by atomic mass is 10.2. The zero-order valence-electron chi connectivity index (χ0n) is 19.8. The minimum Gasteiger partial charge on any atom is -0.505 e. The van der Waals surface area contributed by atoms with Gasteiger partial charge in [0, 0.05) is 18.1 Å². The number of benzene rings is 4. The van der Waals surface area contributed by atoms with Crippen LogP contribution in [0.3, 0.4) is 0 Å². The first kappa shape index (κ1) is 28.7. The summed E-state index contributed by atoms with van der Waals surface area (Å²) in [6.07, 6.45) is -4.46. The minimum absolute atomic E-state index is 0.00266. The molecular formula is C27H19Cl2F4NO4S. The Morgan fingerprint density at radius 1 is 0.795 bits per heavy atom. The van der Waals surface area contributed by atoms with Gasteiger partial charge in [-0.05, 0) is 71.8 Å². The van der Waals surface area contributed by atoms with Crippen molar-refractivity contribution < 1.29 is 35.8 Å². The molecule has 0 spiro atoms. The van der Waals surface area contributed by atoms with Crippen molar-refractivity contribution in [2.75, 3.05) is 0 Å². The van der Waals surface area contributed by atoms with Crippen molar-refractivity contribution in [3.8, 4) is 17.2 Å². The van der Waals surface area contributed by atoms with Crippen LogP contribution in [-0.2, 0) is 29.3 Å². The highest BCUT2D eigenvalue weighted by molar-refractivity contribution is 7.89. The summed E-state index contributed by atoms with van der Waals surface area (Å²) < 4.78 is 85.6. The molecule has 39 heavy (non-hydrogen) atoms. The van der Waals surface area contributed by atoms with Crippen molar-refractivity contribution in [1.29, 1.82) is 0 Å². The Morgan fingerprint density at radius 2 is 1.28 bits per heavy atom. The minimum atomic E-state index is -4.46. The molecule has 0 radical (unpaired) electrons. The molecule has 0 saturated heterocycles. The number of sulfonamides is 1. The van der Waals surface area contributed by atoms with Crippen LogP contribution in [0, 0.1) is 5.82 Å². The van der Waals surface area contributed by atoms with Crippen molar-refractivity contribution in [2.45, 2.75) is 24.2 Å². The predicted molar refractivity (Wildman–Crippen MR) is 139 cm³/mol. The predicted octanol–water partition coefficient (Wildman–Crippen LogP) is 8.04. The summed E-state index contributed by atoms with van der Waals surface area (Å²) >= 11 is 11.9. The number of nitrogens with zero attached hydrogens (tertiary/aromatic N) is 1. The van der Waals surface area contributed by atoms with Gasteiger partial charge < -0.3 is 9.84 Å². The number of aromatic hydroxyl groups is 1. The molecular weight excluding hydrogens is 581 g/mol. The molecule has 0 bridgehead atoms. The lowest BCUT2D eigenvalue weighted by Gasteiger charge is -2.23. The summed E-state index contributed by atoms with van der Waals surface area (Å²) in [5, 5.41) is 10.1. The third-order valence-electron chi connectivity index (χ3n) is 5.58. The van der Waals surface area contributed by atoms with Crippen molar-refractivity contribution in [2.24, 2.45) is 0 Å². The van der Waals surface area contributed by atoms with E-state index >= 15 is 0 Å². The van der Waals surface area contributed by atoms with Crippen molar-refractivity contribution in [3.63, 3.8) is 0 Å². The van der Waals surface area contributed by atoms with Crippen molar-refractivity contribution >= 4 is 33.2 Å². The van der Waals surface area contributed by atoms with E-state index in [0.29, 0.717) is 16.9 Å². The van der Waals surface area contributed by atoms with E-state index in [-0.39, 0.29) is 28.9 Å². The van der Waals surface area contributed by atoms with Crippen LogP contribution in [0.2, 0.25) is 10.0 Å². The smallest absolute Gasteiger partial charge is 0.416 e. The molecule has 0 fully saturated rings. The molecule has 0 unspecified atom stereocenters. The van der Waals surface area contributed by atoms with Crippen LogP contribution in [-0.4, -0.2) is 17.8 Å². The molecule has 0 aromatic heterocycles. The average molecular weight is 600 g/mol. The van der Waals surface area contributed by atoms with E-state index in [1.165, 1.54) is 54.6 Å². The first-order valence-electron chi connectivity index (χ1n) is 11.2. The van der Waals surface area contributed by atoms with Gasteiger partial charge in [-0.1, -0.05) is 47.5 Å². The number of ether oxygens (including phenoxy) is 1. The molecule has 1 N–H and O–H groups in total. The van der Waals surface area contributed by atoms with Crippen LogP contribution in [0.5, 0.6) is 17.2 Å². The Hall–Kier alpha value is -3.31. The lowest BCUT2D eigenvalue weighted by Crippen LogP contribution is -2.30. The van der Waals surface area contributed by atoms with E-state index in [9.17, 15) is 31.1 Å². The van der Waals surface area contributed by atoms with E-state index in [1.807, 2.05) is 0 Å². The molecule has 0 atom stereocenters. The van der Waals surface area contributed by atoms with Gasteiger partial charge in [0.2, 0.25) is 10.0 Å². The Morgan fingerprint density at radius 3 is 1.79 bits per heavy atom. The summed E-state index contributed by atoms with van der Waals surface area (Å²) in [5.74, 6) is -0.656. The molecule has 0 heterocycles. The first-order chi connectivity index (χ1) is 18.3. The second kappa shape index (κ2) is 11.4. The number of phenolic OH excluding ortho intramolecular Hbond substituents is 1. The molecule has 0 aliphatic heterocycles. The Bertz CT molecular complexity index is 1560. The zero-order chi connectivity index (χ0) is 28.4. The van der Waals surface area contributed by atoms with Crippen LogP contribution in [0.15, 0.2) is 89.8 Å². The van der Waals surface area contributed by atoms with E-state index in [0.717, 1.165) is 22.5 Å². The van der Waals surface area contributed by atoms with Gasteiger partial charge in [0.1, 0.15) is 22.2 Å². The topological polar surface area (TPSA) is 66.8 Å². The number of rotatable bonds is 8. The highest BCUT2D eigenvalue weighted by atomic mass is 35.5. The average Bonchev–Trinajstić information content (AvgIpc) is 2.88. The molecule has 0 amide bonds. The standard InChI is InChI=1S/C27H19Cl2F4NO4S/c28-20-13-24(29)26(35)25(14-20)39(36,37)34(15-17-1-7-21(30)8-2-17)16-18-3-9-22(10-4-18)38-23-11-5-19(6-12-23)27(31,32)33/h1-14,35H,15-16H2. The molecule has 204 valence electrons. The maximum Gasteiger partial charge on any atom is 0.416 e. The third kappa shape index (κ3) is 7.02. The Labute approximate surface area is 231 Å². The van der Waals surface area contributed by atoms with Gasteiger partial charge in [0.05, 0.1) is 10.6 Å². The van der Waals surface area contributed by atoms with Crippen molar-refractivity contribution in [1.82, 2.24) is 4.31 Å². The van der Waals surface area contributed by atoms with Gasteiger partial charge in [0.25, 0.3) is 0 Å². The number of hydrogen-bond acceptors (Lipinski definition) is 4. The van der Waals surface area contributed by atoms with Gasteiger partial charge in [-0.2, -0.15) is 17.5 Å². The number of phenols is 1. The van der Waals surface area contributed by atoms with E-state index in [1.54, 1.807) is 12.1 Å². The van der Waals surface area contributed by atoms with Gasteiger partial charge in [-0.25, -0.2) is 12.8 Å². The van der Waals surface area contributed by atoms with Gasteiger partial charge in [-0.3, -0.25) is 0 Å². The fourth-order valence-corrected chi connectivity index (χ4v) is 5.77. The van der Waals surface area contributed by atoms with Crippen LogP contribution in [0.25, 0.3) is 0 Å². The van der Waals surface area contributed by atoms with E-state index in [4.69, 9.17) is 27.9 Å². The highest BCUT2D eigenvalue weighted by Gasteiger charge is 2.31. The molecule has 4 rings (SSSR count). The molecule has 0 saturated carbocycles. The summed E-state index contributed by atoms with van der Waals surface area (Å²) in [4.78, 5) is -0.496. The summed E-state index contributed by atoms with van der Waals surface area (Å²) in [6, 6.07) is 18.0. The maximum absolute atomic E-state index is 13.6. The normalized spacial score (nSPS) is 12.1. The van der Waals surface area contributed by atoms with Gasteiger partial charge in [-0.15, -0.1) is 0 Å². The fourth-order valence-electron chi connectivity index (χ4n) is 3.61. The molecule has 0 aliphatic rings. The van der Waals surface area contributed by atoms with E-state index in [2.05, 4.69) is 0 Å². The van der Waals surface area contributed by atoms with Crippen LogP contribution in [0.1, 0.15) is 16.7 Å². The summed E-state index contributed by atoms with van der Waals surface area (Å²) in [5.41, 5.74) is 0.197. The Kier molecular flexibility index (Phi) is 8.41. The fraction of sp³-hybridized carbons (Fsp3) is 0.111. The maximum atomic E-state index is 13.6. The SMILES string of the molecule is O=S(=O)(c1cc(Cl)cc(Cl)c1O)N(Cc1ccc(F)cc1)Cc1ccc(Oc2ccc(C(F)(F)F)cc2)cc1. The molecule has 4 aromatic carbocycles. The quantitative estimate of drug-likeness (QED) is 0.208. The second-order valence-corrected chi connectivity index (χ2v) is 11.2. The van der Waals surface area contributed by atoms with Crippen LogP contribution in [0.4, 0.5) is 17.6 Å². The molecule has 5 nitrogen and oxygen atoms in total. The third-order valence-corrected chi connectivity index (χ3v) is 7.89. The highest BCUT2D eigenvalue weighted by Crippen LogP contribution is 2.37. The van der Waals surface area contributed by atoms with Gasteiger partial charge >= 0.3 is 6.18 Å². The van der Waals surface area contributed by atoms with Crippen molar-refractivity contribution in [3.05, 3.63) is 117 Å². The molecule has 12 heteroatoms. The van der Waals surface area contributed by atoms with Crippen LogP contribution >= 0.6 is 23.2 Å².